The summed E-state index contributed by atoms with van der Waals surface area (Å²) in [5.74, 6) is 1.92. The van der Waals surface area contributed by atoms with Gasteiger partial charge in [-0.2, -0.15) is 0 Å². The van der Waals surface area contributed by atoms with Gasteiger partial charge < -0.3 is 14.6 Å². The molecule has 2 aromatic carbocycles. The predicted octanol–water partition coefficient (Wildman–Crippen LogP) is 5.66. The van der Waals surface area contributed by atoms with E-state index in [9.17, 15) is 4.79 Å². The van der Waals surface area contributed by atoms with E-state index in [4.69, 9.17) is 4.74 Å². The van der Waals surface area contributed by atoms with Gasteiger partial charge in [-0.15, -0.1) is 10.2 Å². The largest absolute Gasteiger partial charge is 0.490 e. The number of anilines is 1. The molecule has 1 aliphatic rings. The van der Waals surface area contributed by atoms with E-state index in [1.807, 2.05) is 35.9 Å². The lowest BCUT2D eigenvalue weighted by molar-refractivity contribution is -0.113. The van der Waals surface area contributed by atoms with E-state index in [2.05, 4.69) is 47.6 Å². The van der Waals surface area contributed by atoms with Crippen molar-refractivity contribution < 1.29 is 9.53 Å². The first-order chi connectivity index (χ1) is 16.1. The van der Waals surface area contributed by atoms with Gasteiger partial charge in [0.15, 0.2) is 11.0 Å². The van der Waals surface area contributed by atoms with Crippen molar-refractivity contribution in [2.45, 2.75) is 63.6 Å². The number of para-hydroxylation sites is 1. The zero-order valence-corrected chi connectivity index (χ0v) is 20.5. The minimum Gasteiger partial charge on any atom is -0.490 e. The van der Waals surface area contributed by atoms with Gasteiger partial charge in [0.1, 0.15) is 5.75 Å². The monoisotopic (exact) mass is 464 g/mol. The van der Waals surface area contributed by atoms with Gasteiger partial charge >= 0.3 is 0 Å². The number of aromatic nitrogens is 3. The lowest BCUT2D eigenvalue weighted by Gasteiger charge is -2.14. The molecular formula is C26H32N4O2S. The molecule has 1 aliphatic carbocycles. The van der Waals surface area contributed by atoms with Gasteiger partial charge in [0, 0.05) is 18.3 Å². The van der Waals surface area contributed by atoms with Crippen LogP contribution in [0.2, 0.25) is 0 Å². The number of amides is 1. The smallest absolute Gasteiger partial charge is 0.234 e. The van der Waals surface area contributed by atoms with Crippen LogP contribution in [0.4, 0.5) is 5.69 Å². The quantitative estimate of drug-likeness (QED) is 0.414. The number of aryl methyl sites for hydroxylation is 2. The fourth-order valence-electron chi connectivity index (χ4n) is 4.28. The molecular weight excluding hydrogens is 432 g/mol. The lowest BCUT2D eigenvalue weighted by Crippen LogP contribution is -2.17. The van der Waals surface area contributed by atoms with Crippen LogP contribution >= 0.6 is 11.8 Å². The van der Waals surface area contributed by atoms with E-state index in [0.717, 1.165) is 59.6 Å². The molecule has 1 saturated carbocycles. The van der Waals surface area contributed by atoms with Crippen LogP contribution in [0.25, 0.3) is 11.4 Å². The van der Waals surface area contributed by atoms with E-state index < -0.39 is 0 Å². The number of carbonyl (C=O) groups excluding carboxylic acids is 1. The molecule has 3 aromatic rings. The standard InChI is InChI=1S/C26H32N4O2S/c1-4-18-9-8-10-19(5-2)24(18)27-23(31)17-33-26-29-28-25(30(26)3)20-13-15-22(16-14-20)32-21-11-6-7-12-21/h8-10,13-16,21H,4-7,11-12,17H2,1-3H3,(H,27,31). The fourth-order valence-corrected chi connectivity index (χ4v) is 4.99. The average molecular weight is 465 g/mol. The molecule has 174 valence electrons. The second-order valence-electron chi connectivity index (χ2n) is 8.41. The maximum atomic E-state index is 12.7. The number of thioether (sulfide) groups is 1. The zero-order chi connectivity index (χ0) is 23.2. The highest BCUT2D eigenvalue weighted by atomic mass is 32.2. The molecule has 0 unspecified atom stereocenters. The summed E-state index contributed by atoms with van der Waals surface area (Å²) >= 11 is 1.39. The highest BCUT2D eigenvalue weighted by Crippen LogP contribution is 2.28. The molecule has 7 heteroatoms. The SMILES string of the molecule is CCc1cccc(CC)c1NC(=O)CSc1nnc(-c2ccc(OC3CCCC3)cc2)n1C. The van der Waals surface area contributed by atoms with Crippen molar-refractivity contribution in [1.29, 1.82) is 0 Å². The van der Waals surface area contributed by atoms with E-state index in [0.29, 0.717) is 11.3 Å². The van der Waals surface area contributed by atoms with Crippen molar-refractivity contribution in [2.24, 2.45) is 7.05 Å². The second-order valence-corrected chi connectivity index (χ2v) is 9.35. The molecule has 0 spiro atoms. The summed E-state index contributed by atoms with van der Waals surface area (Å²) in [6.07, 6.45) is 6.90. The molecule has 0 atom stereocenters. The number of hydrogen-bond acceptors (Lipinski definition) is 5. The van der Waals surface area contributed by atoms with Crippen molar-refractivity contribution in [3.8, 4) is 17.1 Å². The van der Waals surface area contributed by atoms with Crippen molar-refractivity contribution in [1.82, 2.24) is 14.8 Å². The molecule has 1 amide bonds. The summed E-state index contributed by atoms with van der Waals surface area (Å²) < 4.78 is 7.99. The van der Waals surface area contributed by atoms with Crippen LogP contribution < -0.4 is 10.1 Å². The Morgan fingerprint density at radius 1 is 1.06 bits per heavy atom. The molecule has 1 N–H and O–H groups in total. The Morgan fingerprint density at radius 2 is 1.73 bits per heavy atom. The average Bonchev–Trinajstić information content (AvgIpc) is 3.48. The van der Waals surface area contributed by atoms with Crippen LogP contribution in [0.1, 0.15) is 50.7 Å². The van der Waals surface area contributed by atoms with E-state index in [-0.39, 0.29) is 11.7 Å². The minimum atomic E-state index is -0.0337. The Morgan fingerprint density at radius 3 is 2.36 bits per heavy atom. The first-order valence-electron chi connectivity index (χ1n) is 11.8. The number of carbonyl (C=O) groups is 1. The lowest BCUT2D eigenvalue weighted by atomic mass is 10.0. The summed E-state index contributed by atoms with van der Waals surface area (Å²) in [5, 5.41) is 12.5. The van der Waals surface area contributed by atoms with Gasteiger partial charge in [-0.25, -0.2) is 0 Å². The van der Waals surface area contributed by atoms with Crippen molar-refractivity contribution >= 4 is 23.4 Å². The molecule has 0 saturated heterocycles. The summed E-state index contributed by atoms with van der Waals surface area (Å²) in [6.45, 7) is 4.21. The summed E-state index contributed by atoms with van der Waals surface area (Å²) in [7, 11) is 1.93. The fraction of sp³-hybridized carbons (Fsp3) is 0.423. The molecule has 0 radical (unpaired) electrons. The number of ether oxygens (including phenoxy) is 1. The molecule has 33 heavy (non-hydrogen) atoms. The van der Waals surface area contributed by atoms with Crippen LogP contribution in [-0.4, -0.2) is 32.5 Å². The van der Waals surface area contributed by atoms with Gasteiger partial charge in [-0.3, -0.25) is 4.79 Å². The number of hydrogen-bond donors (Lipinski definition) is 1. The topological polar surface area (TPSA) is 69.0 Å². The van der Waals surface area contributed by atoms with E-state index in [1.54, 1.807) is 0 Å². The highest BCUT2D eigenvalue weighted by Gasteiger charge is 2.17. The zero-order valence-electron chi connectivity index (χ0n) is 19.6. The van der Waals surface area contributed by atoms with Gasteiger partial charge in [-0.05, 0) is 73.9 Å². The predicted molar refractivity (Wildman–Crippen MR) is 134 cm³/mol. The maximum absolute atomic E-state index is 12.7. The first kappa shape index (κ1) is 23.4. The van der Waals surface area contributed by atoms with Crippen molar-refractivity contribution in [3.63, 3.8) is 0 Å². The van der Waals surface area contributed by atoms with Crippen LogP contribution in [0.5, 0.6) is 5.75 Å². The maximum Gasteiger partial charge on any atom is 0.234 e. The third-order valence-electron chi connectivity index (χ3n) is 6.15. The summed E-state index contributed by atoms with van der Waals surface area (Å²) in [4.78, 5) is 12.7. The molecule has 4 rings (SSSR count). The number of benzene rings is 2. The van der Waals surface area contributed by atoms with Gasteiger partial charge in [0.25, 0.3) is 0 Å². The van der Waals surface area contributed by atoms with Crippen LogP contribution in [0.3, 0.4) is 0 Å². The Bertz CT molecular complexity index is 1070. The molecule has 1 aromatic heterocycles. The Hall–Kier alpha value is -2.80. The Labute approximate surface area is 200 Å². The number of nitrogens with zero attached hydrogens (tertiary/aromatic N) is 3. The van der Waals surface area contributed by atoms with E-state index >= 15 is 0 Å². The van der Waals surface area contributed by atoms with Crippen molar-refractivity contribution in [2.75, 3.05) is 11.1 Å². The second kappa shape index (κ2) is 10.9. The summed E-state index contributed by atoms with van der Waals surface area (Å²) in [6, 6.07) is 14.2. The van der Waals surface area contributed by atoms with Crippen LogP contribution in [0.15, 0.2) is 47.6 Å². The van der Waals surface area contributed by atoms with Crippen molar-refractivity contribution in [3.05, 3.63) is 53.6 Å². The first-order valence-corrected chi connectivity index (χ1v) is 12.8. The molecule has 6 nitrogen and oxygen atoms in total. The van der Waals surface area contributed by atoms with Crippen LogP contribution in [0, 0.1) is 0 Å². The minimum absolute atomic E-state index is 0.0337. The Kier molecular flexibility index (Phi) is 7.70. The van der Waals surface area contributed by atoms with Gasteiger partial charge in [0.2, 0.25) is 5.91 Å². The number of nitrogens with one attached hydrogen (secondary N) is 1. The molecule has 0 aliphatic heterocycles. The number of rotatable bonds is 9. The highest BCUT2D eigenvalue weighted by molar-refractivity contribution is 7.99. The molecule has 0 bridgehead atoms. The van der Waals surface area contributed by atoms with Gasteiger partial charge in [-0.1, -0.05) is 43.8 Å². The molecule has 1 heterocycles. The van der Waals surface area contributed by atoms with Crippen LogP contribution in [-0.2, 0) is 24.7 Å². The third kappa shape index (κ3) is 5.58. The molecule has 1 fully saturated rings. The third-order valence-corrected chi connectivity index (χ3v) is 7.17. The van der Waals surface area contributed by atoms with Gasteiger partial charge in [0.05, 0.1) is 11.9 Å². The summed E-state index contributed by atoms with van der Waals surface area (Å²) in [5.41, 5.74) is 4.25. The van der Waals surface area contributed by atoms with E-state index in [1.165, 1.54) is 24.6 Å². The normalized spacial score (nSPS) is 13.9. The Balaban J connectivity index is 1.38.